The van der Waals surface area contributed by atoms with E-state index in [9.17, 15) is 0 Å². The molecule has 1 nitrogen and oxygen atoms in total. The maximum absolute atomic E-state index is 2.67. The quantitative estimate of drug-likeness (QED) is 0.258. The van der Waals surface area contributed by atoms with Crippen LogP contribution in [-0.2, 0) is 0 Å². The first-order valence-corrected chi connectivity index (χ1v) is 11.3. The minimum atomic E-state index is 1.10. The molecule has 1 aromatic rings. The molecule has 0 saturated heterocycles. The summed E-state index contributed by atoms with van der Waals surface area (Å²) in [7, 11) is 0. The second kappa shape index (κ2) is 17.3. The number of rotatable bonds is 17. The third-order valence-corrected chi connectivity index (χ3v) is 5.13. The van der Waals surface area contributed by atoms with Crippen molar-refractivity contribution in [2.75, 3.05) is 19.6 Å². The Labute approximate surface area is 163 Å². The van der Waals surface area contributed by atoms with Gasteiger partial charge in [-0.15, -0.1) is 0 Å². The van der Waals surface area contributed by atoms with E-state index in [4.69, 9.17) is 0 Å². The Morgan fingerprint density at radius 3 is 1.69 bits per heavy atom. The third kappa shape index (κ3) is 13.2. The molecule has 0 fully saturated rings. The van der Waals surface area contributed by atoms with Gasteiger partial charge in [0, 0.05) is 6.54 Å². The number of hydrogen-bond acceptors (Lipinski definition) is 1. The maximum atomic E-state index is 2.67. The molecule has 26 heavy (non-hydrogen) atoms. The van der Waals surface area contributed by atoms with Crippen LogP contribution in [0.1, 0.15) is 96.5 Å². The lowest BCUT2D eigenvalue weighted by atomic mass is 10.1. The van der Waals surface area contributed by atoms with Crippen LogP contribution in [0.3, 0.4) is 0 Å². The van der Waals surface area contributed by atoms with Gasteiger partial charge in [0.1, 0.15) is 0 Å². The number of benzene rings is 1. The van der Waals surface area contributed by atoms with E-state index in [1.54, 1.807) is 0 Å². The van der Waals surface area contributed by atoms with Crippen molar-refractivity contribution in [3.05, 3.63) is 42.0 Å². The van der Waals surface area contributed by atoms with Gasteiger partial charge in [-0.2, -0.15) is 0 Å². The van der Waals surface area contributed by atoms with E-state index < -0.39 is 0 Å². The molecule has 0 heterocycles. The molecule has 0 saturated carbocycles. The SMILES string of the molecule is CCCCCCCCN(C/C=C/c1ccccc1)CCCCCCCC. The predicted molar refractivity (Wildman–Crippen MR) is 119 cm³/mol. The zero-order chi connectivity index (χ0) is 18.7. The summed E-state index contributed by atoms with van der Waals surface area (Å²) in [6.45, 7) is 8.21. The van der Waals surface area contributed by atoms with Crippen molar-refractivity contribution in [2.24, 2.45) is 0 Å². The molecular formula is C25H43N. The topological polar surface area (TPSA) is 3.24 Å². The summed E-state index contributed by atoms with van der Waals surface area (Å²) in [5.74, 6) is 0. The highest BCUT2D eigenvalue weighted by atomic mass is 15.1. The Morgan fingerprint density at radius 2 is 1.15 bits per heavy atom. The van der Waals surface area contributed by atoms with E-state index in [1.807, 2.05) is 0 Å². The minimum Gasteiger partial charge on any atom is -0.300 e. The van der Waals surface area contributed by atoms with Gasteiger partial charge in [0.25, 0.3) is 0 Å². The van der Waals surface area contributed by atoms with E-state index in [0.29, 0.717) is 0 Å². The standard InChI is InChI=1S/C25H43N/c1-3-5-7-9-11-16-22-26(23-17-12-10-8-6-4-2)24-18-21-25-19-14-13-15-20-25/h13-15,18-21H,3-12,16-17,22-24H2,1-2H3/b21-18+. The van der Waals surface area contributed by atoms with Crippen molar-refractivity contribution in [1.82, 2.24) is 4.90 Å². The van der Waals surface area contributed by atoms with Crippen molar-refractivity contribution in [3.63, 3.8) is 0 Å². The normalized spacial score (nSPS) is 11.7. The largest absolute Gasteiger partial charge is 0.300 e. The molecule has 0 atom stereocenters. The van der Waals surface area contributed by atoms with Crippen LogP contribution in [0.25, 0.3) is 6.08 Å². The van der Waals surface area contributed by atoms with Crippen LogP contribution in [0.4, 0.5) is 0 Å². The molecular weight excluding hydrogens is 314 g/mol. The Bertz CT molecular complexity index is 407. The molecule has 0 aliphatic rings. The number of unbranched alkanes of at least 4 members (excludes halogenated alkanes) is 10. The lowest BCUT2D eigenvalue weighted by Crippen LogP contribution is -2.26. The first kappa shape index (κ1) is 23.0. The highest BCUT2D eigenvalue weighted by Crippen LogP contribution is 2.09. The number of nitrogens with zero attached hydrogens (tertiary/aromatic N) is 1. The lowest BCUT2D eigenvalue weighted by Gasteiger charge is -2.20. The fourth-order valence-electron chi connectivity index (χ4n) is 3.43. The van der Waals surface area contributed by atoms with Crippen LogP contribution in [-0.4, -0.2) is 24.5 Å². The van der Waals surface area contributed by atoms with E-state index >= 15 is 0 Å². The van der Waals surface area contributed by atoms with Gasteiger partial charge >= 0.3 is 0 Å². The smallest absolute Gasteiger partial charge is 0.0166 e. The highest BCUT2D eigenvalue weighted by molar-refractivity contribution is 5.48. The van der Waals surface area contributed by atoms with E-state index in [1.165, 1.54) is 95.7 Å². The van der Waals surface area contributed by atoms with Crippen LogP contribution in [0, 0.1) is 0 Å². The monoisotopic (exact) mass is 357 g/mol. The second-order valence-corrected chi connectivity index (χ2v) is 7.65. The molecule has 0 aliphatic carbocycles. The van der Waals surface area contributed by atoms with Crippen LogP contribution < -0.4 is 0 Å². The van der Waals surface area contributed by atoms with Gasteiger partial charge in [0.05, 0.1) is 0 Å². The fraction of sp³-hybridized carbons (Fsp3) is 0.680. The van der Waals surface area contributed by atoms with Crippen LogP contribution in [0.2, 0.25) is 0 Å². The van der Waals surface area contributed by atoms with Gasteiger partial charge in [-0.3, -0.25) is 4.90 Å². The first-order valence-electron chi connectivity index (χ1n) is 11.3. The number of hydrogen-bond donors (Lipinski definition) is 0. The summed E-state index contributed by atoms with van der Waals surface area (Å²) >= 11 is 0. The second-order valence-electron chi connectivity index (χ2n) is 7.65. The summed E-state index contributed by atoms with van der Waals surface area (Å²) in [6, 6.07) is 10.7. The van der Waals surface area contributed by atoms with Crippen LogP contribution in [0.15, 0.2) is 36.4 Å². The molecule has 0 spiro atoms. The van der Waals surface area contributed by atoms with E-state index in [2.05, 4.69) is 61.2 Å². The van der Waals surface area contributed by atoms with Crippen molar-refractivity contribution in [2.45, 2.75) is 90.9 Å². The summed E-state index contributed by atoms with van der Waals surface area (Å²) in [6.07, 6.45) is 21.3. The Hall–Kier alpha value is -1.08. The van der Waals surface area contributed by atoms with Crippen LogP contribution >= 0.6 is 0 Å². The zero-order valence-electron chi connectivity index (χ0n) is 17.6. The summed E-state index contributed by atoms with van der Waals surface area (Å²) in [4.78, 5) is 2.67. The van der Waals surface area contributed by atoms with Gasteiger partial charge < -0.3 is 0 Å². The van der Waals surface area contributed by atoms with Crippen molar-refractivity contribution in [3.8, 4) is 0 Å². The molecule has 0 amide bonds. The fourth-order valence-corrected chi connectivity index (χ4v) is 3.43. The predicted octanol–water partition coefficient (Wildman–Crippen LogP) is 7.72. The lowest BCUT2D eigenvalue weighted by molar-refractivity contribution is 0.286. The zero-order valence-corrected chi connectivity index (χ0v) is 17.6. The van der Waals surface area contributed by atoms with Crippen molar-refractivity contribution in [1.29, 1.82) is 0 Å². The molecule has 0 radical (unpaired) electrons. The summed E-state index contributed by atoms with van der Waals surface area (Å²) in [5.41, 5.74) is 1.31. The molecule has 1 aromatic carbocycles. The summed E-state index contributed by atoms with van der Waals surface area (Å²) < 4.78 is 0. The van der Waals surface area contributed by atoms with Crippen LogP contribution in [0.5, 0.6) is 0 Å². The third-order valence-electron chi connectivity index (χ3n) is 5.13. The Balaban J connectivity index is 2.28. The summed E-state index contributed by atoms with van der Waals surface area (Å²) in [5, 5.41) is 0. The van der Waals surface area contributed by atoms with Gasteiger partial charge in [-0.25, -0.2) is 0 Å². The van der Waals surface area contributed by atoms with E-state index in [-0.39, 0.29) is 0 Å². The van der Waals surface area contributed by atoms with Crippen molar-refractivity contribution < 1.29 is 0 Å². The molecule has 1 heteroatoms. The molecule has 0 unspecified atom stereocenters. The maximum Gasteiger partial charge on any atom is 0.0166 e. The average Bonchev–Trinajstić information content (AvgIpc) is 2.67. The molecule has 148 valence electrons. The average molecular weight is 358 g/mol. The van der Waals surface area contributed by atoms with Crippen molar-refractivity contribution >= 4 is 6.08 Å². The first-order chi connectivity index (χ1) is 12.9. The van der Waals surface area contributed by atoms with Gasteiger partial charge in [0.2, 0.25) is 0 Å². The molecule has 0 bridgehead atoms. The van der Waals surface area contributed by atoms with Gasteiger partial charge in [0.15, 0.2) is 0 Å². The van der Waals surface area contributed by atoms with Gasteiger partial charge in [-0.05, 0) is 31.5 Å². The molecule has 0 N–H and O–H groups in total. The minimum absolute atomic E-state index is 1.10. The Morgan fingerprint density at radius 1 is 0.654 bits per heavy atom. The van der Waals surface area contributed by atoms with E-state index in [0.717, 1.165) is 6.54 Å². The molecule has 1 rings (SSSR count). The molecule has 0 aromatic heterocycles. The molecule has 0 aliphatic heterocycles. The van der Waals surface area contributed by atoms with Gasteiger partial charge in [-0.1, -0.05) is 121 Å². The highest BCUT2D eigenvalue weighted by Gasteiger charge is 2.03. The Kier molecular flexibility index (Phi) is 15.3.